The zero-order chi connectivity index (χ0) is 14.8. The van der Waals surface area contributed by atoms with Crippen molar-refractivity contribution in [2.75, 3.05) is 38.8 Å². The van der Waals surface area contributed by atoms with Crippen molar-refractivity contribution in [1.82, 2.24) is 4.98 Å². The third kappa shape index (κ3) is 6.25. The number of anilines is 1. The summed E-state index contributed by atoms with van der Waals surface area (Å²) in [6.45, 7) is 2.90. The predicted molar refractivity (Wildman–Crippen MR) is 87.1 cm³/mol. The number of rotatable bonds is 10. The van der Waals surface area contributed by atoms with Crippen LogP contribution in [0.3, 0.4) is 0 Å². The van der Waals surface area contributed by atoms with E-state index in [-0.39, 0.29) is 0 Å². The lowest BCUT2D eigenvalue weighted by molar-refractivity contribution is 0.0722. The van der Waals surface area contributed by atoms with Gasteiger partial charge in [-0.05, 0) is 12.1 Å². The van der Waals surface area contributed by atoms with Crippen LogP contribution in [0.2, 0.25) is 0 Å². The van der Waals surface area contributed by atoms with Crippen molar-refractivity contribution in [2.24, 2.45) is 0 Å². The minimum atomic E-state index is 0.647. The van der Waals surface area contributed by atoms with E-state index in [1.54, 1.807) is 18.4 Å². The fourth-order valence-corrected chi connectivity index (χ4v) is 2.69. The Bertz CT molecular complexity index is 502. The summed E-state index contributed by atoms with van der Waals surface area (Å²) in [4.78, 5) is 4.63. The van der Waals surface area contributed by atoms with Gasteiger partial charge in [0, 0.05) is 37.6 Å². The number of nitrogens with one attached hydrogen (secondary N) is 1. The second-order valence-corrected chi connectivity index (χ2v) is 5.57. The second-order valence-electron chi connectivity index (χ2n) is 4.63. The summed E-state index contributed by atoms with van der Waals surface area (Å²) >= 11 is 1.71. The highest BCUT2D eigenvalue weighted by molar-refractivity contribution is 7.09. The molecule has 4 nitrogen and oxygen atoms in total. The lowest BCUT2D eigenvalue weighted by atomic mass is 10.3. The first kappa shape index (κ1) is 15.9. The molecular formula is C16H22N2O2S. The van der Waals surface area contributed by atoms with Crippen LogP contribution < -0.4 is 5.32 Å². The quantitative estimate of drug-likeness (QED) is 0.685. The molecule has 0 unspecified atom stereocenters. The molecule has 0 aliphatic rings. The molecule has 1 heterocycles. The van der Waals surface area contributed by atoms with E-state index in [9.17, 15) is 0 Å². The highest BCUT2D eigenvalue weighted by Crippen LogP contribution is 2.12. The summed E-state index contributed by atoms with van der Waals surface area (Å²) in [5, 5.41) is 6.67. The largest absolute Gasteiger partial charge is 0.385 e. The standard InChI is InChI=1S/C16H22N2O2S/c1-19-11-12-20-10-8-16-18-15(13-21-16)7-9-17-14-5-3-2-4-6-14/h2-6,13,17H,7-12H2,1H3. The first-order chi connectivity index (χ1) is 10.4. The third-order valence-electron chi connectivity index (χ3n) is 2.98. The van der Waals surface area contributed by atoms with Crippen LogP contribution in [-0.2, 0) is 22.3 Å². The molecule has 21 heavy (non-hydrogen) atoms. The van der Waals surface area contributed by atoms with Crippen LogP contribution in [-0.4, -0.2) is 38.5 Å². The molecule has 0 saturated heterocycles. The Kier molecular flexibility index (Phi) is 7.21. The molecule has 114 valence electrons. The molecule has 1 N–H and O–H groups in total. The van der Waals surface area contributed by atoms with Crippen molar-refractivity contribution in [3.05, 3.63) is 46.4 Å². The van der Waals surface area contributed by atoms with E-state index in [4.69, 9.17) is 9.47 Å². The van der Waals surface area contributed by atoms with Gasteiger partial charge in [0.2, 0.25) is 0 Å². The summed E-state index contributed by atoms with van der Waals surface area (Å²) in [6, 6.07) is 10.2. The predicted octanol–water partition coefficient (Wildman–Crippen LogP) is 3.00. The van der Waals surface area contributed by atoms with Gasteiger partial charge < -0.3 is 14.8 Å². The zero-order valence-corrected chi connectivity index (χ0v) is 13.2. The molecule has 0 spiro atoms. The van der Waals surface area contributed by atoms with Crippen LogP contribution in [0.15, 0.2) is 35.7 Å². The van der Waals surface area contributed by atoms with Gasteiger partial charge in [0.05, 0.1) is 30.5 Å². The Morgan fingerprint density at radius 3 is 2.76 bits per heavy atom. The molecule has 0 saturated carbocycles. The van der Waals surface area contributed by atoms with Crippen LogP contribution in [0, 0.1) is 0 Å². The van der Waals surface area contributed by atoms with Crippen LogP contribution in [0.4, 0.5) is 5.69 Å². The van der Waals surface area contributed by atoms with E-state index in [1.807, 2.05) is 18.2 Å². The summed E-state index contributed by atoms with van der Waals surface area (Å²) < 4.78 is 10.4. The highest BCUT2D eigenvalue weighted by atomic mass is 32.1. The lowest BCUT2D eigenvalue weighted by Gasteiger charge is -2.04. The Labute approximate surface area is 130 Å². The fraction of sp³-hybridized carbons (Fsp3) is 0.438. The SMILES string of the molecule is COCCOCCc1nc(CCNc2ccccc2)cs1. The first-order valence-corrected chi connectivity index (χ1v) is 8.05. The average molecular weight is 306 g/mol. The van der Waals surface area contributed by atoms with Gasteiger partial charge in [0.15, 0.2) is 0 Å². The smallest absolute Gasteiger partial charge is 0.0951 e. The molecule has 0 atom stereocenters. The van der Waals surface area contributed by atoms with E-state index in [1.165, 1.54) is 0 Å². The normalized spacial score (nSPS) is 10.7. The monoisotopic (exact) mass is 306 g/mol. The number of benzene rings is 1. The molecule has 0 amide bonds. The summed E-state index contributed by atoms with van der Waals surface area (Å²) in [5.74, 6) is 0. The highest BCUT2D eigenvalue weighted by Gasteiger charge is 2.02. The van der Waals surface area contributed by atoms with Crippen LogP contribution in [0.25, 0.3) is 0 Å². The van der Waals surface area contributed by atoms with Gasteiger partial charge in [-0.2, -0.15) is 0 Å². The van der Waals surface area contributed by atoms with Crippen molar-refractivity contribution >= 4 is 17.0 Å². The summed E-state index contributed by atoms with van der Waals surface area (Å²) in [6.07, 6.45) is 1.82. The van der Waals surface area contributed by atoms with Gasteiger partial charge >= 0.3 is 0 Å². The van der Waals surface area contributed by atoms with Crippen LogP contribution in [0.5, 0.6) is 0 Å². The van der Waals surface area contributed by atoms with E-state index in [0.29, 0.717) is 19.8 Å². The molecule has 5 heteroatoms. The number of thiazole rings is 1. The maximum absolute atomic E-state index is 5.46. The van der Waals surface area contributed by atoms with E-state index < -0.39 is 0 Å². The molecule has 2 rings (SSSR count). The van der Waals surface area contributed by atoms with Gasteiger partial charge in [-0.25, -0.2) is 4.98 Å². The molecule has 0 radical (unpaired) electrons. The Balaban J connectivity index is 1.63. The Morgan fingerprint density at radius 1 is 1.10 bits per heavy atom. The molecule has 0 bridgehead atoms. The van der Waals surface area contributed by atoms with Crippen LogP contribution in [0.1, 0.15) is 10.7 Å². The van der Waals surface area contributed by atoms with Crippen molar-refractivity contribution in [3.63, 3.8) is 0 Å². The van der Waals surface area contributed by atoms with Crippen molar-refractivity contribution in [1.29, 1.82) is 0 Å². The average Bonchev–Trinajstić information content (AvgIpc) is 2.96. The van der Waals surface area contributed by atoms with Gasteiger partial charge in [-0.15, -0.1) is 11.3 Å². The summed E-state index contributed by atoms with van der Waals surface area (Å²) in [5.41, 5.74) is 2.30. The lowest BCUT2D eigenvalue weighted by Crippen LogP contribution is -2.06. The van der Waals surface area contributed by atoms with Crippen LogP contribution >= 0.6 is 11.3 Å². The number of nitrogens with zero attached hydrogens (tertiary/aromatic N) is 1. The first-order valence-electron chi connectivity index (χ1n) is 7.17. The molecule has 1 aromatic heterocycles. The van der Waals surface area contributed by atoms with E-state index in [0.717, 1.165) is 35.8 Å². The number of methoxy groups -OCH3 is 1. The maximum atomic E-state index is 5.46. The maximum Gasteiger partial charge on any atom is 0.0951 e. The molecule has 0 aliphatic carbocycles. The van der Waals surface area contributed by atoms with E-state index in [2.05, 4.69) is 27.8 Å². The van der Waals surface area contributed by atoms with Gasteiger partial charge in [-0.3, -0.25) is 0 Å². The minimum Gasteiger partial charge on any atom is -0.385 e. The number of ether oxygens (including phenoxy) is 2. The summed E-state index contributed by atoms with van der Waals surface area (Å²) in [7, 11) is 1.68. The second kappa shape index (κ2) is 9.50. The molecule has 0 aliphatic heterocycles. The molecule has 0 fully saturated rings. The third-order valence-corrected chi connectivity index (χ3v) is 3.93. The molecular weight excluding hydrogens is 284 g/mol. The number of hydrogen-bond donors (Lipinski definition) is 1. The molecule has 2 aromatic rings. The fourth-order valence-electron chi connectivity index (χ4n) is 1.87. The zero-order valence-electron chi connectivity index (χ0n) is 12.4. The van der Waals surface area contributed by atoms with Gasteiger partial charge in [-0.1, -0.05) is 18.2 Å². The molecule has 1 aromatic carbocycles. The Morgan fingerprint density at radius 2 is 1.95 bits per heavy atom. The van der Waals surface area contributed by atoms with Gasteiger partial charge in [0.25, 0.3) is 0 Å². The number of hydrogen-bond acceptors (Lipinski definition) is 5. The van der Waals surface area contributed by atoms with Crippen molar-refractivity contribution < 1.29 is 9.47 Å². The topological polar surface area (TPSA) is 43.4 Å². The van der Waals surface area contributed by atoms with Crippen molar-refractivity contribution in [2.45, 2.75) is 12.8 Å². The minimum absolute atomic E-state index is 0.647. The number of para-hydroxylation sites is 1. The number of aromatic nitrogens is 1. The van der Waals surface area contributed by atoms with E-state index >= 15 is 0 Å². The van der Waals surface area contributed by atoms with Gasteiger partial charge in [0.1, 0.15) is 0 Å². The van der Waals surface area contributed by atoms with Crippen molar-refractivity contribution in [3.8, 4) is 0 Å². The Hall–Kier alpha value is -1.43.